The van der Waals surface area contributed by atoms with Gasteiger partial charge in [0.1, 0.15) is 0 Å². The zero-order chi connectivity index (χ0) is 31.9. The summed E-state index contributed by atoms with van der Waals surface area (Å²) in [7, 11) is 0. The van der Waals surface area contributed by atoms with Crippen LogP contribution in [0.5, 0.6) is 0 Å². The average molecular weight is 888 g/mol. The van der Waals surface area contributed by atoms with Gasteiger partial charge in [-0.2, -0.15) is 0 Å². The third-order valence-corrected chi connectivity index (χ3v) is 11.0. The van der Waals surface area contributed by atoms with E-state index in [4.69, 9.17) is 9.97 Å². The molecule has 2 heterocycles. The monoisotopic (exact) mass is 890 g/mol. The average Bonchev–Trinajstić information content (AvgIpc) is 3.34. The third kappa shape index (κ3) is 10.1. The minimum absolute atomic E-state index is 0. The van der Waals surface area contributed by atoms with Crippen molar-refractivity contribution in [2.45, 2.75) is 107 Å². The molecule has 2 aromatic heterocycles. The molecule has 0 fully saturated rings. The van der Waals surface area contributed by atoms with Gasteiger partial charge in [-0.3, -0.25) is 4.79 Å². The molecular formula is C38H51IrN2O2Te-. The van der Waals surface area contributed by atoms with Crippen LogP contribution in [-0.2, 0) is 36.7 Å². The molecule has 0 spiro atoms. The van der Waals surface area contributed by atoms with Crippen molar-refractivity contribution in [1.82, 2.24) is 9.97 Å². The van der Waals surface area contributed by atoms with E-state index in [1.165, 1.54) is 29.5 Å². The number of nitrogens with zero attached hydrogens (tertiary/aromatic N) is 2. The first-order chi connectivity index (χ1) is 20.2. The number of allylic oxidation sites excluding steroid dienone is 2. The first-order valence-electron chi connectivity index (χ1n) is 15.9. The molecule has 44 heavy (non-hydrogen) atoms. The number of hydrogen-bond acceptors (Lipinski definition) is 4. The Balaban J connectivity index is 0.000000363. The fourth-order valence-electron chi connectivity index (χ4n) is 5.38. The molecule has 0 atom stereocenters. The van der Waals surface area contributed by atoms with E-state index in [0.29, 0.717) is 0 Å². The molecule has 0 saturated carbocycles. The molecule has 6 heteroatoms. The standard InChI is InChI=1S/C25H27N2Te.C13H24O2.Ir/c1-24(2,3)15-21-27-20-11-12-26-22(23(20)28-21)17-13-16-9-7-8-10-18(16)19(14-17)25(4,5)6;1-5-10(6-2)12(14)9-13(15)11(7-3)8-4;/h7-12,14H,15H2,1-6H3;9-11,14H,5-8H2,1-4H3;/q-1;;/b;12-9-;. The van der Waals surface area contributed by atoms with Gasteiger partial charge in [-0.15, -0.1) is 0 Å². The van der Waals surface area contributed by atoms with E-state index in [2.05, 4.69) is 84.0 Å². The summed E-state index contributed by atoms with van der Waals surface area (Å²) in [6, 6.07) is 16.6. The second-order valence-electron chi connectivity index (χ2n) is 13.7. The maximum absolute atomic E-state index is 11.7. The van der Waals surface area contributed by atoms with E-state index in [-0.39, 0.29) is 54.3 Å². The summed E-state index contributed by atoms with van der Waals surface area (Å²) >= 11 is -0.484. The minimum atomic E-state index is -0.484. The maximum Gasteiger partial charge on any atom is 0.162 e. The van der Waals surface area contributed by atoms with Crippen molar-refractivity contribution in [1.29, 1.82) is 0 Å². The van der Waals surface area contributed by atoms with E-state index in [0.717, 1.165) is 48.9 Å². The Morgan fingerprint density at radius 2 is 1.57 bits per heavy atom. The van der Waals surface area contributed by atoms with Crippen molar-refractivity contribution in [3.8, 4) is 11.3 Å². The maximum atomic E-state index is 11.7. The number of carbonyl (C=O) groups excluding carboxylic acids is 1. The molecule has 4 aromatic rings. The Kier molecular flexibility index (Phi) is 14.5. The number of hydrogen-bond donors (Lipinski definition) is 1. The number of carbonyl (C=O) groups is 1. The van der Waals surface area contributed by atoms with Gasteiger partial charge in [0.15, 0.2) is 5.78 Å². The van der Waals surface area contributed by atoms with Crippen LogP contribution in [0.15, 0.2) is 54.4 Å². The predicted octanol–water partition coefficient (Wildman–Crippen LogP) is 10.1. The number of ketones is 1. The van der Waals surface area contributed by atoms with Gasteiger partial charge < -0.3 is 5.11 Å². The summed E-state index contributed by atoms with van der Waals surface area (Å²) in [5.74, 6) is 0.547. The van der Waals surface area contributed by atoms with Crippen LogP contribution in [0.3, 0.4) is 0 Å². The number of aromatic nitrogens is 2. The van der Waals surface area contributed by atoms with E-state index in [9.17, 15) is 9.90 Å². The SMILES string of the molecule is CC(C)(C)Cc1nc2ccnc(-c3[c-]c4ccccc4c(C(C)(C)C)c3)c2[te]1.CCC(CC)C(=O)/C=C(\O)C(CC)CC.[Ir]. The molecular weight excluding hydrogens is 836 g/mol. The Morgan fingerprint density at radius 1 is 0.955 bits per heavy atom. The Labute approximate surface area is 289 Å². The van der Waals surface area contributed by atoms with Crippen LogP contribution in [0.1, 0.15) is 104 Å². The summed E-state index contributed by atoms with van der Waals surface area (Å²) in [6.45, 7) is 21.8. The van der Waals surface area contributed by atoms with E-state index in [1.54, 1.807) is 0 Å². The predicted molar refractivity (Wildman–Crippen MR) is 184 cm³/mol. The quantitative estimate of drug-likeness (QED) is 0.0788. The normalized spacial score (nSPS) is 12.4. The topological polar surface area (TPSA) is 63.1 Å². The van der Waals surface area contributed by atoms with E-state index >= 15 is 0 Å². The van der Waals surface area contributed by atoms with Crippen LogP contribution >= 0.6 is 0 Å². The molecule has 4 rings (SSSR count). The number of rotatable bonds is 9. The van der Waals surface area contributed by atoms with Crippen molar-refractivity contribution >= 4 is 45.9 Å². The summed E-state index contributed by atoms with van der Waals surface area (Å²) < 4.78 is 2.76. The van der Waals surface area contributed by atoms with Gasteiger partial charge in [0.25, 0.3) is 0 Å². The molecule has 0 aliphatic carbocycles. The number of aliphatic hydroxyl groups excluding tert-OH is 1. The van der Waals surface area contributed by atoms with Gasteiger partial charge in [-0.1, -0.05) is 27.7 Å². The largest absolute Gasteiger partial charge is 0.512 e. The molecule has 0 aliphatic rings. The second kappa shape index (κ2) is 16.6. The van der Waals surface area contributed by atoms with E-state index < -0.39 is 20.4 Å². The van der Waals surface area contributed by atoms with Crippen molar-refractivity contribution in [2.75, 3.05) is 0 Å². The van der Waals surface area contributed by atoms with Crippen molar-refractivity contribution in [3.05, 3.63) is 69.8 Å². The zero-order valence-corrected chi connectivity index (χ0v) is 33.0. The third-order valence-electron chi connectivity index (χ3n) is 7.95. The molecule has 0 amide bonds. The van der Waals surface area contributed by atoms with Crippen LogP contribution in [-0.4, -0.2) is 41.3 Å². The Morgan fingerprint density at radius 3 is 2.14 bits per heavy atom. The summed E-state index contributed by atoms with van der Waals surface area (Å²) in [4.78, 5) is 21.5. The van der Waals surface area contributed by atoms with Crippen LogP contribution < -0.4 is 0 Å². The number of fused-ring (bicyclic) bond motifs is 2. The number of aliphatic hydroxyl groups is 1. The van der Waals surface area contributed by atoms with Gasteiger partial charge in [0.2, 0.25) is 0 Å². The first-order valence-corrected chi connectivity index (χ1v) is 18.2. The van der Waals surface area contributed by atoms with Crippen LogP contribution in [0.2, 0.25) is 0 Å². The molecule has 0 aliphatic heterocycles. The van der Waals surface area contributed by atoms with Crippen molar-refractivity contribution in [2.24, 2.45) is 17.3 Å². The molecule has 0 saturated heterocycles. The smallest absolute Gasteiger partial charge is 0.162 e. The molecule has 4 nitrogen and oxygen atoms in total. The molecule has 0 unspecified atom stereocenters. The second-order valence-corrected chi connectivity index (χ2v) is 16.8. The van der Waals surface area contributed by atoms with Gasteiger partial charge >= 0.3 is 178 Å². The van der Waals surface area contributed by atoms with Gasteiger partial charge in [0, 0.05) is 38.0 Å². The zero-order valence-electron chi connectivity index (χ0n) is 28.3. The van der Waals surface area contributed by atoms with Gasteiger partial charge in [-0.05, 0) is 25.7 Å². The Hall–Kier alpha value is -1.83. The van der Waals surface area contributed by atoms with E-state index in [1.807, 2.05) is 33.9 Å². The number of benzene rings is 2. The van der Waals surface area contributed by atoms with Gasteiger partial charge in [-0.25, -0.2) is 0 Å². The molecule has 2 aromatic carbocycles. The summed E-state index contributed by atoms with van der Waals surface area (Å²) in [5.41, 5.74) is 5.01. The molecule has 1 radical (unpaired) electrons. The summed E-state index contributed by atoms with van der Waals surface area (Å²) in [6.07, 6.45) is 7.88. The minimum Gasteiger partial charge on any atom is -0.512 e. The first kappa shape index (κ1) is 38.4. The fourth-order valence-corrected chi connectivity index (χ4v) is 9.27. The fraction of sp³-hybridized carbons (Fsp3) is 0.500. The van der Waals surface area contributed by atoms with Crippen LogP contribution in [0, 0.1) is 23.3 Å². The van der Waals surface area contributed by atoms with Crippen LogP contribution in [0.25, 0.3) is 30.9 Å². The van der Waals surface area contributed by atoms with Gasteiger partial charge in [0.05, 0.1) is 5.76 Å². The summed E-state index contributed by atoms with van der Waals surface area (Å²) in [5, 5.41) is 12.2. The molecule has 241 valence electrons. The van der Waals surface area contributed by atoms with Crippen molar-refractivity contribution < 1.29 is 30.0 Å². The van der Waals surface area contributed by atoms with Crippen molar-refractivity contribution in [3.63, 3.8) is 0 Å². The Bertz CT molecular complexity index is 1550. The van der Waals surface area contributed by atoms with Crippen LogP contribution in [0.4, 0.5) is 0 Å². The number of pyridine rings is 1. The molecule has 1 N–H and O–H groups in total. The molecule has 0 bridgehead atoms.